The lowest BCUT2D eigenvalue weighted by Gasteiger charge is -2.13. The van der Waals surface area contributed by atoms with Gasteiger partial charge in [0.1, 0.15) is 29.4 Å². The Bertz CT molecular complexity index is 956. The monoisotopic (exact) mass is 377 g/mol. The predicted octanol–water partition coefficient (Wildman–Crippen LogP) is 5.28. The molecule has 0 aliphatic rings. The average Bonchev–Trinajstić information content (AvgIpc) is 2.62. The van der Waals surface area contributed by atoms with Gasteiger partial charge in [0.15, 0.2) is 0 Å². The highest BCUT2D eigenvalue weighted by Crippen LogP contribution is 2.34. The summed E-state index contributed by atoms with van der Waals surface area (Å²) in [7, 11) is 0. The number of hydrogen-bond acceptors (Lipinski definition) is 4. The van der Waals surface area contributed by atoms with Crippen LogP contribution < -0.4 is 4.74 Å². The fourth-order valence-corrected chi connectivity index (χ4v) is 2.47. The summed E-state index contributed by atoms with van der Waals surface area (Å²) in [5, 5.41) is 0. The van der Waals surface area contributed by atoms with E-state index in [2.05, 4.69) is 15.0 Å². The van der Waals surface area contributed by atoms with Crippen molar-refractivity contribution in [3.8, 4) is 22.8 Å². The van der Waals surface area contributed by atoms with Crippen LogP contribution in [0.2, 0.25) is 0 Å². The van der Waals surface area contributed by atoms with Crippen molar-refractivity contribution in [2.24, 2.45) is 0 Å². The summed E-state index contributed by atoms with van der Waals surface area (Å²) in [5.74, 6) is -4.37. The molecule has 2 aromatic heterocycles. The van der Waals surface area contributed by atoms with Crippen LogP contribution in [0.4, 0.5) is 17.6 Å². The molecule has 1 aromatic carbocycles. The molecule has 2 heterocycles. The zero-order valence-electron chi connectivity index (χ0n) is 14.5. The molecule has 4 nitrogen and oxygen atoms in total. The maximum Gasteiger partial charge on any atom is 0.286 e. The molecule has 0 aliphatic carbocycles. The fourth-order valence-electron chi connectivity index (χ4n) is 2.47. The lowest BCUT2D eigenvalue weighted by Crippen LogP contribution is -2.09. The van der Waals surface area contributed by atoms with E-state index in [9.17, 15) is 17.6 Å². The van der Waals surface area contributed by atoms with Gasteiger partial charge in [0.25, 0.3) is 5.92 Å². The number of hydrogen-bond donors (Lipinski definition) is 0. The molecule has 0 spiro atoms. The third-order valence-corrected chi connectivity index (χ3v) is 3.88. The summed E-state index contributed by atoms with van der Waals surface area (Å²) >= 11 is 0. The summed E-state index contributed by atoms with van der Waals surface area (Å²) in [4.78, 5) is 11.5. The van der Waals surface area contributed by atoms with Crippen LogP contribution in [0.15, 0.2) is 43.0 Å². The number of rotatable bonds is 5. The molecule has 0 atom stereocenters. The second-order valence-corrected chi connectivity index (χ2v) is 5.89. The smallest absolute Gasteiger partial charge is 0.286 e. The van der Waals surface area contributed by atoms with Crippen molar-refractivity contribution in [1.82, 2.24) is 15.0 Å². The molecule has 0 saturated carbocycles. The molecule has 0 fully saturated rings. The van der Waals surface area contributed by atoms with E-state index in [1.54, 1.807) is 6.92 Å². The summed E-state index contributed by atoms with van der Waals surface area (Å²) in [5.41, 5.74) is 0.204. The Hall–Kier alpha value is -3.03. The normalized spacial score (nSPS) is 11.5. The Labute approximate surface area is 152 Å². The molecular formula is C19H15F4N3O. The number of aromatic nitrogens is 3. The van der Waals surface area contributed by atoms with Gasteiger partial charge in [0, 0.05) is 24.8 Å². The van der Waals surface area contributed by atoms with Crippen LogP contribution in [0.3, 0.4) is 0 Å². The first kappa shape index (κ1) is 18.8. The molecule has 0 saturated heterocycles. The number of alkyl halides is 2. The van der Waals surface area contributed by atoms with Gasteiger partial charge in [0.2, 0.25) is 5.88 Å². The number of pyridine rings is 1. The van der Waals surface area contributed by atoms with Gasteiger partial charge in [-0.05, 0) is 30.2 Å². The van der Waals surface area contributed by atoms with Crippen LogP contribution in [0.5, 0.6) is 11.6 Å². The van der Waals surface area contributed by atoms with Crippen molar-refractivity contribution in [3.05, 3.63) is 65.9 Å². The standard InChI is InChI=1S/C19H15F4N3O/c1-3-11-6-13(16(21)7-15(11)20)14-9-24-10-26-18(14)27-12-4-5-17(25-8-12)19(2,22)23/h4-10H,3H2,1-2H3. The van der Waals surface area contributed by atoms with E-state index in [0.29, 0.717) is 12.0 Å². The molecule has 0 radical (unpaired) electrons. The Morgan fingerprint density at radius 3 is 2.41 bits per heavy atom. The first-order chi connectivity index (χ1) is 12.8. The maximum absolute atomic E-state index is 14.3. The molecule has 0 aliphatic heterocycles. The van der Waals surface area contributed by atoms with Gasteiger partial charge in [0.05, 0.1) is 11.8 Å². The highest BCUT2D eigenvalue weighted by Gasteiger charge is 2.26. The zero-order chi connectivity index (χ0) is 19.6. The summed E-state index contributed by atoms with van der Waals surface area (Å²) in [6.07, 6.45) is 4.03. The first-order valence-corrected chi connectivity index (χ1v) is 8.10. The number of benzene rings is 1. The third-order valence-electron chi connectivity index (χ3n) is 3.88. The van der Waals surface area contributed by atoms with Gasteiger partial charge in [-0.25, -0.2) is 18.7 Å². The lowest BCUT2D eigenvalue weighted by atomic mass is 10.0. The molecule has 0 unspecified atom stereocenters. The van der Waals surface area contributed by atoms with E-state index in [0.717, 1.165) is 25.3 Å². The van der Waals surface area contributed by atoms with Crippen LogP contribution in [-0.4, -0.2) is 15.0 Å². The topological polar surface area (TPSA) is 47.9 Å². The Morgan fingerprint density at radius 2 is 1.78 bits per heavy atom. The van der Waals surface area contributed by atoms with Crippen molar-refractivity contribution >= 4 is 0 Å². The molecule has 0 amide bonds. The zero-order valence-corrected chi connectivity index (χ0v) is 14.5. The Morgan fingerprint density at radius 1 is 1.00 bits per heavy atom. The average molecular weight is 377 g/mol. The summed E-state index contributed by atoms with van der Waals surface area (Å²) < 4.78 is 60.1. The Kier molecular flexibility index (Phi) is 5.07. The SMILES string of the molecule is CCc1cc(-c2cncnc2Oc2ccc(C(C)(F)F)nc2)c(F)cc1F. The van der Waals surface area contributed by atoms with Crippen molar-refractivity contribution < 1.29 is 22.3 Å². The number of nitrogens with zero attached hydrogens (tertiary/aromatic N) is 3. The molecule has 3 rings (SSSR count). The molecule has 140 valence electrons. The molecule has 27 heavy (non-hydrogen) atoms. The third kappa shape index (κ3) is 4.05. The minimum Gasteiger partial charge on any atom is -0.437 e. The maximum atomic E-state index is 14.3. The van der Waals surface area contributed by atoms with Crippen molar-refractivity contribution in [3.63, 3.8) is 0 Å². The molecule has 0 bridgehead atoms. The van der Waals surface area contributed by atoms with E-state index in [-0.39, 0.29) is 22.8 Å². The van der Waals surface area contributed by atoms with Crippen LogP contribution >= 0.6 is 0 Å². The largest absolute Gasteiger partial charge is 0.437 e. The fraction of sp³-hybridized carbons (Fsp3) is 0.211. The minimum absolute atomic E-state index is 0.00429. The lowest BCUT2D eigenvalue weighted by molar-refractivity contribution is 0.0127. The second-order valence-electron chi connectivity index (χ2n) is 5.89. The number of aryl methyl sites for hydroxylation is 1. The van der Waals surface area contributed by atoms with Crippen LogP contribution in [0.1, 0.15) is 25.1 Å². The van der Waals surface area contributed by atoms with Crippen LogP contribution in [0, 0.1) is 11.6 Å². The summed E-state index contributed by atoms with van der Waals surface area (Å²) in [6.45, 7) is 2.48. The van der Waals surface area contributed by atoms with Gasteiger partial charge in [-0.1, -0.05) is 6.92 Å². The molecular weight excluding hydrogens is 362 g/mol. The van der Waals surface area contributed by atoms with Gasteiger partial charge >= 0.3 is 0 Å². The van der Waals surface area contributed by atoms with Gasteiger partial charge in [-0.3, -0.25) is 4.98 Å². The van der Waals surface area contributed by atoms with Crippen molar-refractivity contribution in [2.45, 2.75) is 26.2 Å². The van der Waals surface area contributed by atoms with Gasteiger partial charge < -0.3 is 4.74 Å². The number of ether oxygens (including phenoxy) is 1. The minimum atomic E-state index is -3.08. The van der Waals surface area contributed by atoms with E-state index >= 15 is 0 Å². The van der Waals surface area contributed by atoms with Crippen molar-refractivity contribution in [2.75, 3.05) is 0 Å². The predicted molar refractivity (Wildman–Crippen MR) is 90.6 cm³/mol. The van der Waals surface area contributed by atoms with Crippen molar-refractivity contribution in [1.29, 1.82) is 0 Å². The molecule has 8 heteroatoms. The van der Waals surface area contributed by atoms with E-state index in [1.807, 2.05) is 0 Å². The quantitative estimate of drug-likeness (QED) is 0.568. The highest BCUT2D eigenvalue weighted by atomic mass is 19.3. The molecule has 3 aromatic rings. The number of halogens is 4. The van der Waals surface area contributed by atoms with E-state index in [1.165, 1.54) is 24.7 Å². The highest BCUT2D eigenvalue weighted by molar-refractivity contribution is 5.69. The van der Waals surface area contributed by atoms with Gasteiger partial charge in [-0.15, -0.1) is 0 Å². The van der Waals surface area contributed by atoms with Gasteiger partial charge in [-0.2, -0.15) is 8.78 Å². The van der Waals surface area contributed by atoms with E-state index < -0.39 is 23.3 Å². The summed E-state index contributed by atoms with van der Waals surface area (Å²) in [6, 6.07) is 4.60. The Balaban J connectivity index is 1.98. The van der Waals surface area contributed by atoms with Crippen LogP contribution in [0.25, 0.3) is 11.1 Å². The second kappa shape index (κ2) is 7.30. The van der Waals surface area contributed by atoms with Crippen LogP contribution in [-0.2, 0) is 12.3 Å². The van der Waals surface area contributed by atoms with E-state index in [4.69, 9.17) is 4.74 Å². The first-order valence-electron chi connectivity index (χ1n) is 8.10. The molecule has 0 N–H and O–H groups in total.